The molecule has 0 spiro atoms. The van der Waals surface area contributed by atoms with E-state index in [0.29, 0.717) is 18.0 Å². The molecule has 0 aromatic heterocycles. The van der Waals surface area contributed by atoms with Gasteiger partial charge in [0.05, 0.1) is 12.4 Å². The maximum Gasteiger partial charge on any atom is 0.411 e. The molecule has 0 atom stereocenters. The minimum absolute atomic E-state index is 0.162. The van der Waals surface area contributed by atoms with Gasteiger partial charge in [0.15, 0.2) is 5.78 Å². The average molecular weight is 265 g/mol. The molecule has 2 rings (SSSR count). The SMILES string of the molecule is CCOC(=O)Nc1ccc2c(c1)CCSCC2=O. The highest BCUT2D eigenvalue weighted by atomic mass is 32.2. The van der Waals surface area contributed by atoms with Crippen LogP contribution in [0.2, 0.25) is 0 Å². The third-order valence-corrected chi connectivity index (χ3v) is 3.64. The summed E-state index contributed by atoms with van der Waals surface area (Å²) in [6.07, 6.45) is 0.385. The van der Waals surface area contributed by atoms with Crippen LogP contribution in [0.3, 0.4) is 0 Å². The number of aryl methyl sites for hydroxylation is 1. The predicted octanol–water partition coefficient (Wildman–Crippen LogP) is 2.73. The molecule has 0 bridgehead atoms. The second-order valence-corrected chi connectivity index (χ2v) is 5.05. The van der Waals surface area contributed by atoms with Gasteiger partial charge in [-0.25, -0.2) is 4.79 Å². The number of hydrogen-bond acceptors (Lipinski definition) is 4. The van der Waals surface area contributed by atoms with Gasteiger partial charge in [-0.05, 0) is 42.9 Å². The summed E-state index contributed by atoms with van der Waals surface area (Å²) < 4.78 is 4.81. The molecule has 1 aromatic rings. The van der Waals surface area contributed by atoms with E-state index in [1.807, 2.05) is 6.07 Å². The lowest BCUT2D eigenvalue weighted by Crippen LogP contribution is -2.14. The van der Waals surface area contributed by atoms with Gasteiger partial charge in [-0.3, -0.25) is 10.1 Å². The third kappa shape index (κ3) is 3.04. The van der Waals surface area contributed by atoms with Crippen molar-refractivity contribution in [2.45, 2.75) is 13.3 Å². The molecule has 1 amide bonds. The predicted molar refractivity (Wildman–Crippen MR) is 72.4 cm³/mol. The van der Waals surface area contributed by atoms with Crippen LogP contribution < -0.4 is 5.32 Å². The van der Waals surface area contributed by atoms with Gasteiger partial charge in [0.2, 0.25) is 0 Å². The minimum Gasteiger partial charge on any atom is -0.450 e. The zero-order chi connectivity index (χ0) is 13.0. The molecule has 0 saturated heterocycles. The monoisotopic (exact) mass is 265 g/mol. The first-order valence-electron chi connectivity index (χ1n) is 5.88. The second kappa shape index (κ2) is 5.91. The Bertz CT molecular complexity index is 473. The summed E-state index contributed by atoms with van der Waals surface area (Å²) >= 11 is 1.65. The molecule has 0 unspecified atom stereocenters. The van der Waals surface area contributed by atoms with Crippen molar-refractivity contribution in [3.63, 3.8) is 0 Å². The van der Waals surface area contributed by atoms with Crippen LogP contribution in [0.1, 0.15) is 22.8 Å². The van der Waals surface area contributed by atoms with E-state index in [-0.39, 0.29) is 5.78 Å². The fourth-order valence-corrected chi connectivity index (χ4v) is 2.71. The van der Waals surface area contributed by atoms with Crippen LogP contribution in [0.5, 0.6) is 0 Å². The zero-order valence-electron chi connectivity index (χ0n) is 10.2. The topological polar surface area (TPSA) is 55.4 Å². The number of hydrogen-bond donors (Lipinski definition) is 1. The van der Waals surface area contributed by atoms with Gasteiger partial charge in [-0.1, -0.05) is 0 Å². The lowest BCUT2D eigenvalue weighted by Gasteiger charge is -2.09. The van der Waals surface area contributed by atoms with Gasteiger partial charge in [0.25, 0.3) is 0 Å². The van der Waals surface area contributed by atoms with E-state index in [0.717, 1.165) is 23.3 Å². The minimum atomic E-state index is -0.466. The Morgan fingerprint density at radius 2 is 2.33 bits per heavy atom. The second-order valence-electron chi connectivity index (χ2n) is 3.94. The van der Waals surface area contributed by atoms with Crippen molar-refractivity contribution in [1.82, 2.24) is 0 Å². The Labute approximate surface area is 110 Å². The summed E-state index contributed by atoms with van der Waals surface area (Å²) in [7, 11) is 0. The van der Waals surface area contributed by atoms with Crippen molar-refractivity contribution in [3.05, 3.63) is 29.3 Å². The maximum absolute atomic E-state index is 11.8. The first kappa shape index (κ1) is 13.0. The molecule has 0 fully saturated rings. The summed E-state index contributed by atoms with van der Waals surface area (Å²) in [5.74, 6) is 1.63. The smallest absolute Gasteiger partial charge is 0.411 e. The van der Waals surface area contributed by atoms with E-state index in [2.05, 4.69) is 5.32 Å². The largest absolute Gasteiger partial charge is 0.450 e. The Hall–Kier alpha value is -1.49. The van der Waals surface area contributed by atoms with E-state index in [1.165, 1.54) is 0 Å². The molecule has 18 heavy (non-hydrogen) atoms. The number of ether oxygens (including phenoxy) is 1. The molecule has 1 aromatic carbocycles. The van der Waals surface area contributed by atoms with Crippen molar-refractivity contribution < 1.29 is 14.3 Å². The van der Waals surface area contributed by atoms with Crippen molar-refractivity contribution in [3.8, 4) is 0 Å². The summed E-state index contributed by atoms with van der Waals surface area (Å²) in [6.45, 7) is 2.10. The van der Waals surface area contributed by atoms with Crippen LogP contribution in [0.4, 0.5) is 10.5 Å². The van der Waals surface area contributed by atoms with Crippen molar-refractivity contribution in [1.29, 1.82) is 0 Å². The lowest BCUT2D eigenvalue weighted by atomic mass is 10.0. The van der Waals surface area contributed by atoms with E-state index in [1.54, 1.807) is 30.8 Å². The molecule has 1 aliphatic rings. The zero-order valence-corrected chi connectivity index (χ0v) is 11.0. The number of carbonyl (C=O) groups is 2. The normalized spacial score (nSPS) is 14.6. The molecule has 4 nitrogen and oxygen atoms in total. The Balaban J connectivity index is 2.18. The first-order valence-corrected chi connectivity index (χ1v) is 7.04. The van der Waals surface area contributed by atoms with Crippen LogP contribution in [0, 0.1) is 0 Å². The van der Waals surface area contributed by atoms with E-state index in [9.17, 15) is 9.59 Å². The van der Waals surface area contributed by atoms with Crippen LogP contribution in [0.15, 0.2) is 18.2 Å². The summed E-state index contributed by atoms with van der Waals surface area (Å²) in [5.41, 5.74) is 2.45. The van der Waals surface area contributed by atoms with Gasteiger partial charge in [-0.2, -0.15) is 11.8 Å². The van der Waals surface area contributed by atoms with E-state index < -0.39 is 6.09 Å². The maximum atomic E-state index is 11.8. The highest BCUT2D eigenvalue weighted by molar-refractivity contribution is 8.00. The van der Waals surface area contributed by atoms with Crippen LogP contribution in [-0.2, 0) is 11.2 Å². The quantitative estimate of drug-likeness (QED) is 0.893. The number of rotatable bonds is 2. The standard InChI is InChI=1S/C13H15NO3S/c1-2-17-13(16)14-10-3-4-11-9(7-10)5-6-18-8-12(11)15/h3-4,7H,2,5-6,8H2,1H3,(H,14,16). The van der Waals surface area contributed by atoms with Gasteiger partial charge in [-0.15, -0.1) is 0 Å². The molecule has 1 aliphatic heterocycles. The lowest BCUT2D eigenvalue weighted by molar-refractivity contribution is 0.102. The summed E-state index contributed by atoms with van der Waals surface area (Å²) in [6, 6.07) is 5.38. The van der Waals surface area contributed by atoms with E-state index in [4.69, 9.17) is 4.74 Å². The molecular weight excluding hydrogens is 250 g/mol. The Morgan fingerprint density at radius 3 is 3.11 bits per heavy atom. The van der Waals surface area contributed by atoms with Gasteiger partial charge >= 0.3 is 6.09 Å². The molecule has 0 aliphatic carbocycles. The number of fused-ring (bicyclic) bond motifs is 1. The molecule has 0 saturated carbocycles. The van der Waals surface area contributed by atoms with Crippen molar-refractivity contribution in [2.75, 3.05) is 23.4 Å². The number of carbonyl (C=O) groups excluding carboxylic acids is 2. The number of ketones is 1. The number of thioether (sulfide) groups is 1. The molecular formula is C13H15NO3S. The fraction of sp³-hybridized carbons (Fsp3) is 0.385. The number of benzene rings is 1. The number of nitrogens with one attached hydrogen (secondary N) is 1. The number of amides is 1. The molecule has 1 N–H and O–H groups in total. The van der Waals surface area contributed by atoms with Crippen molar-refractivity contribution in [2.24, 2.45) is 0 Å². The fourth-order valence-electron chi connectivity index (χ4n) is 1.86. The Morgan fingerprint density at radius 1 is 1.50 bits per heavy atom. The molecule has 0 radical (unpaired) electrons. The number of anilines is 1. The van der Waals surface area contributed by atoms with Gasteiger partial charge in [0.1, 0.15) is 0 Å². The van der Waals surface area contributed by atoms with Crippen LogP contribution in [-0.4, -0.2) is 30.0 Å². The Kier molecular flexibility index (Phi) is 4.25. The third-order valence-electron chi connectivity index (χ3n) is 2.68. The molecule has 1 heterocycles. The summed E-state index contributed by atoms with van der Waals surface area (Å²) in [4.78, 5) is 23.1. The summed E-state index contributed by atoms with van der Waals surface area (Å²) in [5, 5.41) is 2.65. The molecule has 5 heteroatoms. The average Bonchev–Trinajstić information content (AvgIpc) is 2.51. The highest BCUT2D eigenvalue weighted by Gasteiger charge is 2.16. The van der Waals surface area contributed by atoms with E-state index >= 15 is 0 Å². The first-order chi connectivity index (χ1) is 8.70. The van der Waals surface area contributed by atoms with Crippen LogP contribution in [0.25, 0.3) is 0 Å². The van der Waals surface area contributed by atoms with Gasteiger partial charge in [0, 0.05) is 11.3 Å². The highest BCUT2D eigenvalue weighted by Crippen LogP contribution is 2.23. The van der Waals surface area contributed by atoms with Crippen molar-refractivity contribution >= 4 is 29.3 Å². The van der Waals surface area contributed by atoms with Crippen LogP contribution >= 0.6 is 11.8 Å². The van der Waals surface area contributed by atoms with Gasteiger partial charge < -0.3 is 4.74 Å². The molecule has 96 valence electrons. The number of Topliss-reactive ketones (excluding diaryl/α,β-unsaturated/α-hetero) is 1.